The van der Waals surface area contributed by atoms with Crippen LogP contribution in [0.1, 0.15) is 26.7 Å². The summed E-state index contributed by atoms with van der Waals surface area (Å²) in [5.41, 5.74) is 1.74. The zero-order valence-electron chi connectivity index (χ0n) is 11.4. The highest BCUT2D eigenvalue weighted by atomic mass is 28.4. The zero-order chi connectivity index (χ0) is 13.2. The fraction of sp³-hybridized carbons (Fsp3) is 0.692. The number of Topliss-reactive ketones (excluding diaryl/α,β-unsaturated/α-hetero) is 1. The summed E-state index contributed by atoms with van der Waals surface area (Å²) in [6.07, 6.45) is 1.86. The Balaban J connectivity index is 2.90. The smallest absolute Gasteiger partial charge is 0.184 e. The van der Waals surface area contributed by atoms with E-state index in [2.05, 4.69) is 19.6 Å². The number of aldehydes is 1. The molecule has 0 aliphatic heterocycles. The van der Waals surface area contributed by atoms with E-state index in [0.717, 1.165) is 17.4 Å². The molecule has 3 nitrogen and oxygen atoms in total. The molecule has 1 rings (SSSR count). The molecule has 0 heterocycles. The summed E-state index contributed by atoms with van der Waals surface area (Å²) in [5, 5.41) is 0. The highest BCUT2D eigenvalue weighted by Crippen LogP contribution is 2.34. The summed E-state index contributed by atoms with van der Waals surface area (Å²) in [6.45, 7) is 10.1. The quantitative estimate of drug-likeness (QED) is 0.440. The first-order chi connectivity index (χ1) is 7.74. The lowest BCUT2D eigenvalue weighted by atomic mass is 9.93. The van der Waals surface area contributed by atoms with Crippen LogP contribution in [0.15, 0.2) is 11.1 Å². The lowest BCUT2D eigenvalue weighted by Crippen LogP contribution is -2.34. The van der Waals surface area contributed by atoms with E-state index in [0.29, 0.717) is 12.8 Å². The zero-order valence-corrected chi connectivity index (χ0v) is 12.4. The van der Waals surface area contributed by atoms with Crippen LogP contribution in [0.4, 0.5) is 0 Å². The van der Waals surface area contributed by atoms with Gasteiger partial charge in [0.25, 0.3) is 0 Å². The van der Waals surface area contributed by atoms with Gasteiger partial charge in [0.2, 0.25) is 0 Å². The molecule has 0 radical (unpaired) electrons. The SMILES string of the molecule is CC(C=O)=C(C)C1CC(=O)CC1O[Si](C)(C)C. The second-order valence-electron chi connectivity index (χ2n) is 5.81. The third-order valence-corrected chi connectivity index (χ3v) is 4.19. The highest BCUT2D eigenvalue weighted by molar-refractivity contribution is 6.69. The Labute approximate surface area is 104 Å². The first-order valence-electron chi connectivity index (χ1n) is 6.06. The van der Waals surface area contributed by atoms with Crippen molar-refractivity contribution in [2.45, 2.75) is 52.4 Å². The van der Waals surface area contributed by atoms with Crippen molar-refractivity contribution >= 4 is 20.4 Å². The van der Waals surface area contributed by atoms with Gasteiger partial charge >= 0.3 is 0 Å². The summed E-state index contributed by atoms with van der Waals surface area (Å²) in [7, 11) is -1.65. The summed E-state index contributed by atoms with van der Waals surface area (Å²) in [6, 6.07) is 0. The second kappa shape index (κ2) is 5.27. The molecule has 4 heteroatoms. The van der Waals surface area contributed by atoms with Crippen LogP contribution >= 0.6 is 0 Å². The normalized spacial score (nSPS) is 27.0. The van der Waals surface area contributed by atoms with Crippen molar-refractivity contribution in [2.75, 3.05) is 0 Å². The van der Waals surface area contributed by atoms with Crippen molar-refractivity contribution in [1.29, 1.82) is 0 Å². The minimum Gasteiger partial charge on any atom is -0.414 e. The van der Waals surface area contributed by atoms with E-state index < -0.39 is 8.32 Å². The van der Waals surface area contributed by atoms with Crippen LogP contribution in [0.2, 0.25) is 19.6 Å². The number of rotatable bonds is 4. The molecule has 1 fully saturated rings. The molecule has 0 saturated heterocycles. The van der Waals surface area contributed by atoms with E-state index in [9.17, 15) is 9.59 Å². The van der Waals surface area contributed by atoms with Crippen LogP contribution in [0.25, 0.3) is 0 Å². The summed E-state index contributed by atoms with van der Waals surface area (Å²) in [4.78, 5) is 22.4. The van der Waals surface area contributed by atoms with Gasteiger partial charge in [0.1, 0.15) is 12.1 Å². The van der Waals surface area contributed by atoms with Crippen molar-refractivity contribution in [3.8, 4) is 0 Å². The maximum absolute atomic E-state index is 11.6. The van der Waals surface area contributed by atoms with Gasteiger partial charge in [-0.3, -0.25) is 9.59 Å². The molecule has 2 unspecified atom stereocenters. The first-order valence-corrected chi connectivity index (χ1v) is 9.47. The van der Waals surface area contributed by atoms with Gasteiger partial charge < -0.3 is 4.43 Å². The average molecular weight is 254 g/mol. The predicted octanol–water partition coefficient (Wildman–Crippen LogP) is 2.72. The number of hydrogen-bond acceptors (Lipinski definition) is 3. The van der Waals surface area contributed by atoms with Crippen LogP contribution in [-0.2, 0) is 14.0 Å². The molecule has 0 aromatic carbocycles. The van der Waals surface area contributed by atoms with Crippen molar-refractivity contribution in [2.24, 2.45) is 5.92 Å². The number of hydrogen-bond donors (Lipinski definition) is 0. The van der Waals surface area contributed by atoms with E-state index in [4.69, 9.17) is 4.43 Å². The molecule has 1 aliphatic rings. The Morgan fingerprint density at radius 3 is 2.35 bits per heavy atom. The van der Waals surface area contributed by atoms with Crippen LogP contribution in [0.5, 0.6) is 0 Å². The van der Waals surface area contributed by atoms with E-state index >= 15 is 0 Å². The van der Waals surface area contributed by atoms with Gasteiger partial charge in [0, 0.05) is 18.8 Å². The van der Waals surface area contributed by atoms with Crippen molar-refractivity contribution < 1.29 is 14.0 Å². The Bertz CT molecular complexity index is 352. The van der Waals surface area contributed by atoms with E-state index in [1.165, 1.54) is 0 Å². The molecule has 0 aromatic heterocycles. The molecule has 2 atom stereocenters. The lowest BCUT2D eigenvalue weighted by Gasteiger charge is -2.28. The maximum Gasteiger partial charge on any atom is 0.184 e. The molecule has 0 bridgehead atoms. The molecule has 1 saturated carbocycles. The largest absolute Gasteiger partial charge is 0.414 e. The van der Waals surface area contributed by atoms with Crippen LogP contribution < -0.4 is 0 Å². The van der Waals surface area contributed by atoms with E-state index in [-0.39, 0.29) is 17.8 Å². The van der Waals surface area contributed by atoms with Gasteiger partial charge in [-0.1, -0.05) is 5.57 Å². The van der Waals surface area contributed by atoms with E-state index in [1.54, 1.807) is 6.92 Å². The van der Waals surface area contributed by atoms with Gasteiger partial charge in [-0.2, -0.15) is 0 Å². The average Bonchev–Trinajstić information content (AvgIpc) is 2.54. The monoisotopic (exact) mass is 254 g/mol. The molecular weight excluding hydrogens is 232 g/mol. The highest BCUT2D eigenvalue weighted by Gasteiger charge is 2.37. The summed E-state index contributed by atoms with van der Waals surface area (Å²) < 4.78 is 6.07. The Kier molecular flexibility index (Phi) is 4.44. The number of carbonyl (C=O) groups is 2. The van der Waals surface area contributed by atoms with Gasteiger partial charge in [-0.15, -0.1) is 0 Å². The van der Waals surface area contributed by atoms with Gasteiger partial charge in [0.15, 0.2) is 8.32 Å². The first kappa shape index (κ1) is 14.3. The topological polar surface area (TPSA) is 43.4 Å². The Morgan fingerprint density at radius 2 is 1.88 bits per heavy atom. The fourth-order valence-electron chi connectivity index (χ4n) is 2.22. The van der Waals surface area contributed by atoms with Crippen LogP contribution in [-0.4, -0.2) is 26.5 Å². The van der Waals surface area contributed by atoms with Crippen LogP contribution in [0, 0.1) is 5.92 Å². The Hall–Kier alpha value is -0.743. The van der Waals surface area contributed by atoms with Gasteiger partial charge in [0.05, 0.1) is 6.10 Å². The number of carbonyl (C=O) groups excluding carboxylic acids is 2. The Morgan fingerprint density at radius 1 is 1.29 bits per heavy atom. The lowest BCUT2D eigenvalue weighted by molar-refractivity contribution is -0.117. The standard InChI is InChI=1S/C13H22O3Si/c1-9(8-14)10(2)12-6-11(15)7-13(12)16-17(3,4)5/h8,12-13H,6-7H2,1-5H3. The molecule has 96 valence electrons. The summed E-state index contributed by atoms with van der Waals surface area (Å²) in [5.74, 6) is 0.343. The third-order valence-electron chi connectivity index (χ3n) is 3.19. The molecule has 0 aromatic rings. The minimum absolute atomic E-state index is 0.0240. The third kappa shape index (κ3) is 3.89. The van der Waals surface area contributed by atoms with Crippen molar-refractivity contribution in [3.63, 3.8) is 0 Å². The van der Waals surface area contributed by atoms with Crippen molar-refractivity contribution in [3.05, 3.63) is 11.1 Å². The predicted molar refractivity (Wildman–Crippen MR) is 70.4 cm³/mol. The van der Waals surface area contributed by atoms with Crippen molar-refractivity contribution in [1.82, 2.24) is 0 Å². The van der Waals surface area contributed by atoms with Crippen LogP contribution in [0.3, 0.4) is 0 Å². The fourth-order valence-corrected chi connectivity index (χ4v) is 3.38. The molecule has 1 aliphatic carbocycles. The van der Waals surface area contributed by atoms with Gasteiger partial charge in [-0.25, -0.2) is 0 Å². The van der Waals surface area contributed by atoms with E-state index in [1.807, 2.05) is 6.92 Å². The second-order valence-corrected chi connectivity index (χ2v) is 10.3. The summed E-state index contributed by atoms with van der Waals surface area (Å²) >= 11 is 0. The molecular formula is C13H22O3Si. The molecule has 0 amide bonds. The molecule has 0 spiro atoms. The molecule has 17 heavy (non-hydrogen) atoms. The van der Waals surface area contributed by atoms with Gasteiger partial charge in [-0.05, 0) is 39.1 Å². The minimum atomic E-state index is -1.65. The maximum atomic E-state index is 11.6. The molecule has 0 N–H and O–H groups in total. The number of ketones is 1. The number of allylic oxidation sites excluding steroid dienone is 1.